The zero-order chi connectivity index (χ0) is 20.5. The molecule has 2 heterocycles. The van der Waals surface area contributed by atoms with Gasteiger partial charge in [0, 0.05) is 19.2 Å². The number of nitrogens with zero attached hydrogens (tertiary/aromatic N) is 3. The van der Waals surface area contributed by atoms with E-state index in [-0.39, 0.29) is 17.6 Å². The van der Waals surface area contributed by atoms with Crippen LogP contribution in [0, 0.1) is 6.92 Å². The van der Waals surface area contributed by atoms with Gasteiger partial charge in [0.15, 0.2) is 17.6 Å². The van der Waals surface area contributed by atoms with Gasteiger partial charge in [0.2, 0.25) is 0 Å². The Bertz CT molecular complexity index is 1140. The Morgan fingerprint density at radius 1 is 1.24 bits per heavy atom. The Morgan fingerprint density at radius 3 is 2.76 bits per heavy atom. The number of para-hydroxylation sites is 2. The minimum absolute atomic E-state index is 0.106. The molecule has 3 aromatic rings. The molecule has 0 saturated heterocycles. The number of hydrogen-bond acceptors (Lipinski definition) is 5. The molecule has 1 aliphatic rings. The second-order valence-electron chi connectivity index (χ2n) is 7.13. The molecule has 0 radical (unpaired) electrons. The molecule has 1 atom stereocenters. The SMILES string of the molecule is CCn1c(=O)c(C)nc2cc(C(=O)N(C)C[C@@H]3COc4ccccc4O3)ccc21. The normalized spacial score (nSPS) is 15.3. The van der Waals surface area contributed by atoms with Gasteiger partial charge in [-0.25, -0.2) is 4.98 Å². The van der Waals surface area contributed by atoms with Crippen molar-refractivity contribution >= 4 is 16.9 Å². The van der Waals surface area contributed by atoms with Gasteiger partial charge in [0.05, 0.1) is 17.6 Å². The Kier molecular flexibility index (Phi) is 4.96. The van der Waals surface area contributed by atoms with Crippen molar-refractivity contribution in [2.24, 2.45) is 0 Å². The molecule has 0 spiro atoms. The van der Waals surface area contributed by atoms with E-state index < -0.39 is 0 Å². The standard InChI is InChI=1S/C22H23N3O4/c1-4-25-18-10-9-15(11-17(18)23-14(2)21(25)26)22(27)24(3)12-16-13-28-19-7-5-6-8-20(19)29-16/h5-11,16H,4,12-13H2,1-3H3/t16-/m1/s1. The highest BCUT2D eigenvalue weighted by Crippen LogP contribution is 2.31. The highest BCUT2D eigenvalue weighted by Gasteiger charge is 2.24. The van der Waals surface area contributed by atoms with Gasteiger partial charge >= 0.3 is 0 Å². The number of carbonyl (C=O) groups excluding carboxylic acids is 1. The van der Waals surface area contributed by atoms with Crippen LogP contribution in [-0.4, -0.2) is 46.7 Å². The molecule has 0 fully saturated rings. The Morgan fingerprint density at radius 2 is 2.00 bits per heavy atom. The Balaban J connectivity index is 1.54. The number of carbonyl (C=O) groups is 1. The first-order valence-electron chi connectivity index (χ1n) is 9.63. The summed E-state index contributed by atoms with van der Waals surface area (Å²) in [6.07, 6.45) is -0.245. The molecule has 150 valence electrons. The molecule has 2 aromatic carbocycles. The lowest BCUT2D eigenvalue weighted by atomic mass is 10.1. The molecule has 0 unspecified atom stereocenters. The maximum atomic E-state index is 12.9. The third kappa shape index (κ3) is 3.55. The average molecular weight is 393 g/mol. The summed E-state index contributed by atoms with van der Waals surface area (Å²) >= 11 is 0. The fourth-order valence-electron chi connectivity index (χ4n) is 3.58. The van der Waals surface area contributed by atoms with Crippen molar-refractivity contribution in [3.05, 3.63) is 64.1 Å². The van der Waals surface area contributed by atoms with Crippen LogP contribution in [0.25, 0.3) is 11.0 Å². The number of aryl methyl sites for hydroxylation is 2. The van der Waals surface area contributed by atoms with Crippen LogP contribution in [0.5, 0.6) is 11.5 Å². The lowest BCUT2D eigenvalue weighted by Crippen LogP contribution is -2.41. The van der Waals surface area contributed by atoms with Crippen molar-refractivity contribution < 1.29 is 14.3 Å². The number of rotatable bonds is 4. The predicted octanol–water partition coefficient (Wildman–Crippen LogP) is 2.64. The first kappa shape index (κ1) is 19.0. The number of benzene rings is 2. The molecule has 29 heavy (non-hydrogen) atoms. The third-order valence-electron chi connectivity index (χ3n) is 5.06. The summed E-state index contributed by atoms with van der Waals surface area (Å²) < 4.78 is 13.3. The van der Waals surface area contributed by atoms with Gasteiger partial charge in [-0.15, -0.1) is 0 Å². The number of hydrogen-bond donors (Lipinski definition) is 0. The molecular formula is C22H23N3O4. The van der Waals surface area contributed by atoms with E-state index in [4.69, 9.17) is 9.47 Å². The van der Waals surface area contributed by atoms with Crippen LogP contribution in [0.4, 0.5) is 0 Å². The minimum Gasteiger partial charge on any atom is -0.486 e. The molecule has 1 aliphatic heterocycles. The van der Waals surface area contributed by atoms with Gasteiger partial charge in [-0.05, 0) is 44.2 Å². The number of aromatic nitrogens is 2. The second kappa shape index (κ2) is 7.58. The van der Waals surface area contributed by atoms with Crippen molar-refractivity contribution in [2.45, 2.75) is 26.5 Å². The van der Waals surface area contributed by atoms with Gasteiger partial charge in [-0.1, -0.05) is 12.1 Å². The van der Waals surface area contributed by atoms with Crippen LogP contribution in [0.15, 0.2) is 47.3 Å². The molecule has 1 aromatic heterocycles. The minimum atomic E-state index is -0.245. The van der Waals surface area contributed by atoms with Crippen molar-refractivity contribution in [1.29, 1.82) is 0 Å². The molecule has 4 rings (SSSR count). The van der Waals surface area contributed by atoms with Crippen LogP contribution in [0.2, 0.25) is 0 Å². The molecule has 1 amide bonds. The summed E-state index contributed by atoms with van der Waals surface area (Å²) in [5.74, 6) is 1.27. The summed E-state index contributed by atoms with van der Waals surface area (Å²) in [7, 11) is 1.74. The molecule has 0 aliphatic carbocycles. The van der Waals surface area contributed by atoms with Gasteiger partial charge < -0.3 is 18.9 Å². The predicted molar refractivity (Wildman–Crippen MR) is 110 cm³/mol. The highest BCUT2D eigenvalue weighted by atomic mass is 16.6. The van der Waals surface area contributed by atoms with Crippen molar-refractivity contribution in [2.75, 3.05) is 20.2 Å². The van der Waals surface area contributed by atoms with E-state index in [2.05, 4.69) is 4.98 Å². The number of likely N-dealkylation sites (N-methyl/N-ethyl adjacent to an activating group) is 1. The molecule has 0 bridgehead atoms. The largest absolute Gasteiger partial charge is 0.486 e. The third-order valence-corrected chi connectivity index (χ3v) is 5.06. The first-order valence-corrected chi connectivity index (χ1v) is 9.63. The number of ether oxygens (including phenoxy) is 2. The zero-order valence-electron chi connectivity index (χ0n) is 16.7. The molecule has 0 saturated carbocycles. The van der Waals surface area contributed by atoms with E-state index in [1.165, 1.54) is 0 Å². The summed E-state index contributed by atoms with van der Waals surface area (Å²) in [5.41, 5.74) is 2.19. The van der Waals surface area contributed by atoms with Crippen molar-refractivity contribution in [1.82, 2.24) is 14.5 Å². The van der Waals surface area contributed by atoms with Crippen LogP contribution in [-0.2, 0) is 6.54 Å². The monoisotopic (exact) mass is 393 g/mol. The van der Waals surface area contributed by atoms with Gasteiger partial charge in [-0.2, -0.15) is 0 Å². The fraction of sp³-hybridized carbons (Fsp3) is 0.318. The first-order chi connectivity index (χ1) is 14.0. The average Bonchev–Trinajstić information content (AvgIpc) is 2.73. The van der Waals surface area contributed by atoms with E-state index in [1.807, 2.05) is 31.2 Å². The second-order valence-corrected chi connectivity index (χ2v) is 7.13. The maximum absolute atomic E-state index is 12.9. The lowest BCUT2D eigenvalue weighted by Gasteiger charge is -2.29. The Hall–Kier alpha value is -3.35. The van der Waals surface area contributed by atoms with E-state index >= 15 is 0 Å². The maximum Gasteiger partial charge on any atom is 0.272 e. The lowest BCUT2D eigenvalue weighted by molar-refractivity contribution is 0.0521. The van der Waals surface area contributed by atoms with E-state index in [1.54, 1.807) is 41.6 Å². The summed E-state index contributed by atoms with van der Waals surface area (Å²) in [6, 6.07) is 12.8. The number of amides is 1. The van der Waals surface area contributed by atoms with Crippen LogP contribution in [0.1, 0.15) is 23.0 Å². The summed E-state index contributed by atoms with van der Waals surface area (Å²) in [5, 5.41) is 0. The van der Waals surface area contributed by atoms with E-state index in [9.17, 15) is 9.59 Å². The molecule has 0 N–H and O–H groups in total. The molecule has 7 heteroatoms. The van der Waals surface area contributed by atoms with E-state index in [0.29, 0.717) is 42.2 Å². The zero-order valence-corrected chi connectivity index (χ0v) is 16.7. The van der Waals surface area contributed by atoms with Gasteiger partial charge in [0.1, 0.15) is 12.3 Å². The van der Waals surface area contributed by atoms with Crippen LogP contribution in [0.3, 0.4) is 0 Å². The quantitative estimate of drug-likeness (QED) is 0.681. The topological polar surface area (TPSA) is 73.7 Å². The van der Waals surface area contributed by atoms with Gasteiger partial charge in [-0.3, -0.25) is 9.59 Å². The van der Waals surface area contributed by atoms with Crippen molar-refractivity contribution in [3.63, 3.8) is 0 Å². The number of fused-ring (bicyclic) bond motifs is 2. The Labute approximate surface area is 168 Å². The van der Waals surface area contributed by atoms with Crippen LogP contribution < -0.4 is 15.0 Å². The van der Waals surface area contributed by atoms with Crippen LogP contribution >= 0.6 is 0 Å². The van der Waals surface area contributed by atoms with E-state index in [0.717, 1.165) is 11.3 Å². The van der Waals surface area contributed by atoms with Gasteiger partial charge in [0.25, 0.3) is 11.5 Å². The molecular weight excluding hydrogens is 370 g/mol. The molecule has 7 nitrogen and oxygen atoms in total. The summed E-state index contributed by atoms with van der Waals surface area (Å²) in [6.45, 7) is 4.93. The van der Waals surface area contributed by atoms with Crippen molar-refractivity contribution in [3.8, 4) is 11.5 Å². The summed E-state index contributed by atoms with van der Waals surface area (Å²) in [4.78, 5) is 31.2. The highest BCUT2D eigenvalue weighted by molar-refractivity contribution is 5.97. The fourth-order valence-corrected chi connectivity index (χ4v) is 3.58. The smallest absolute Gasteiger partial charge is 0.272 e.